The van der Waals surface area contributed by atoms with Crippen molar-refractivity contribution in [3.8, 4) is 0 Å². The minimum absolute atomic E-state index is 0.0660. The van der Waals surface area contributed by atoms with Crippen LogP contribution in [0.15, 0.2) is 29.1 Å². The molecule has 1 unspecified atom stereocenters. The molecule has 1 atom stereocenters. The van der Waals surface area contributed by atoms with Crippen LogP contribution in [0.3, 0.4) is 0 Å². The zero-order valence-electron chi connectivity index (χ0n) is 12.4. The van der Waals surface area contributed by atoms with Crippen LogP contribution in [0.1, 0.15) is 23.1 Å². The van der Waals surface area contributed by atoms with E-state index < -0.39 is 6.10 Å². The molecule has 6 heteroatoms. The quantitative estimate of drug-likeness (QED) is 0.890. The van der Waals surface area contributed by atoms with Gasteiger partial charge in [0.1, 0.15) is 5.82 Å². The Kier molecular flexibility index (Phi) is 3.65. The third kappa shape index (κ3) is 2.77. The van der Waals surface area contributed by atoms with Gasteiger partial charge < -0.3 is 5.11 Å². The summed E-state index contributed by atoms with van der Waals surface area (Å²) in [5.74, 6) is 0.768. The van der Waals surface area contributed by atoms with Crippen molar-refractivity contribution in [2.75, 3.05) is 13.1 Å². The van der Waals surface area contributed by atoms with Crippen LogP contribution in [0.4, 0.5) is 0 Å². The van der Waals surface area contributed by atoms with Gasteiger partial charge in [-0.1, -0.05) is 29.8 Å². The second-order valence-electron chi connectivity index (χ2n) is 5.64. The molecule has 1 N–H and O–H groups in total. The van der Waals surface area contributed by atoms with Crippen LogP contribution in [-0.2, 0) is 20.1 Å². The van der Waals surface area contributed by atoms with Gasteiger partial charge in [-0.2, -0.15) is 5.10 Å². The van der Waals surface area contributed by atoms with Crippen molar-refractivity contribution in [1.29, 1.82) is 0 Å². The summed E-state index contributed by atoms with van der Waals surface area (Å²) >= 11 is 0. The van der Waals surface area contributed by atoms with Crippen LogP contribution >= 0.6 is 0 Å². The van der Waals surface area contributed by atoms with E-state index in [1.807, 2.05) is 31.2 Å². The number of rotatable bonds is 3. The fraction of sp³-hybridized carbons (Fsp3) is 0.467. The van der Waals surface area contributed by atoms with E-state index in [1.165, 1.54) is 10.2 Å². The molecule has 1 aliphatic heterocycles. The van der Waals surface area contributed by atoms with E-state index in [2.05, 4.69) is 10.00 Å². The van der Waals surface area contributed by atoms with E-state index in [0.29, 0.717) is 19.6 Å². The van der Waals surface area contributed by atoms with Crippen molar-refractivity contribution in [3.05, 3.63) is 51.7 Å². The first-order chi connectivity index (χ1) is 10.0. The standard InChI is InChI=1S/C15H20N4O2/c1-11-3-5-12(6-4-11)13(20)9-18-7-8-19-14(10-18)16-17(2)15(19)21/h3-6,13,20H,7-10H2,1-2H3. The normalized spacial score (nSPS) is 16.7. The Hall–Kier alpha value is -1.92. The molecule has 0 saturated heterocycles. The third-order valence-corrected chi connectivity index (χ3v) is 3.98. The predicted octanol–water partition coefficient (Wildman–Crippen LogP) is 0.439. The smallest absolute Gasteiger partial charge is 0.345 e. The van der Waals surface area contributed by atoms with Gasteiger partial charge in [-0.3, -0.25) is 9.47 Å². The van der Waals surface area contributed by atoms with E-state index in [0.717, 1.165) is 17.9 Å². The van der Waals surface area contributed by atoms with Gasteiger partial charge in [0.2, 0.25) is 0 Å². The Morgan fingerprint density at radius 3 is 2.71 bits per heavy atom. The lowest BCUT2D eigenvalue weighted by Crippen LogP contribution is -2.39. The topological polar surface area (TPSA) is 63.3 Å². The van der Waals surface area contributed by atoms with Crippen LogP contribution in [0.25, 0.3) is 0 Å². The van der Waals surface area contributed by atoms with Crippen molar-refractivity contribution in [1.82, 2.24) is 19.2 Å². The molecule has 0 bridgehead atoms. The van der Waals surface area contributed by atoms with Crippen molar-refractivity contribution >= 4 is 0 Å². The molecule has 21 heavy (non-hydrogen) atoms. The van der Waals surface area contributed by atoms with E-state index in [9.17, 15) is 9.90 Å². The van der Waals surface area contributed by atoms with E-state index in [4.69, 9.17) is 0 Å². The summed E-state index contributed by atoms with van der Waals surface area (Å²) in [7, 11) is 1.67. The first-order valence-corrected chi connectivity index (χ1v) is 7.14. The Morgan fingerprint density at radius 1 is 1.29 bits per heavy atom. The minimum atomic E-state index is -0.521. The Labute approximate surface area is 123 Å². The maximum absolute atomic E-state index is 11.8. The lowest BCUT2D eigenvalue weighted by atomic mass is 10.1. The fourth-order valence-electron chi connectivity index (χ4n) is 2.71. The van der Waals surface area contributed by atoms with Crippen LogP contribution in [0.2, 0.25) is 0 Å². The van der Waals surface area contributed by atoms with Gasteiger partial charge in [0.25, 0.3) is 0 Å². The predicted molar refractivity (Wildman–Crippen MR) is 78.9 cm³/mol. The first kappa shape index (κ1) is 14.0. The number of nitrogens with zero attached hydrogens (tertiary/aromatic N) is 4. The summed E-state index contributed by atoms with van der Waals surface area (Å²) in [4.78, 5) is 13.9. The van der Waals surface area contributed by atoms with Crippen LogP contribution in [-0.4, -0.2) is 37.4 Å². The van der Waals surface area contributed by atoms with E-state index in [-0.39, 0.29) is 5.69 Å². The van der Waals surface area contributed by atoms with Crippen molar-refractivity contribution < 1.29 is 5.11 Å². The molecular weight excluding hydrogens is 268 g/mol. The molecule has 2 aromatic rings. The highest BCUT2D eigenvalue weighted by Gasteiger charge is 2.22. The number of fused-ring (bicyclic) bond motifs is 1. The first-order valence-electron chi connectivity index (χ1n) is 7.14. The molecule has 1 aromatic carbocycles. The second-order valence-corrected chi connectivity index (χ2v) is 5.64. The largest absolute Gasteiger partial charge is 0.387 e. The zero-order chi connectivity index (χ0) is 15.0. The second kappa shape index (κ2) is 5.46. The maximum atomic E-state index is 11.8. The molecule has 0 saturated carbocycles. The summed E-state index contributed by atoms with van der Waals surface area (Å²) in [6.45, 7) is 4.55. The highest BCUT2D eigenvalue weighted by atomic mass is 16.3. The molecule has 112 valence electrons. The number of β-amino-alcohol motifs (C(OH)–C–C–N with tert-alkyl or cyclic N) is 1. The molecule has 0 spiro atoms. The highest BCUT2D eigenvalue weighted by molar-refractivity contribution is 5.23. The van der Waals surface area contributed by atoms with Gasteiger partial charge in [0, 0.05) is 26.7 Å². The molecule has 1 aliphatic rings. The monoisotopic (exact) mass is 288 g/mol. The zero-order valence-corrected chi connectivity index (χ0v) is 12.4. The van der Waals surface area contributed by atoms with Crippen molar-refractivity contribution in [3.63, 3.8) is 0 Å². The molecule has 3 rings (SSSR count). The molecule has 0 radical (unpaired) electrons. The maximum Gasteiger partial charge on any atom is 0.345 e. The summed E-state index contributed by atoms with van der Waals surface area (Å²) in [6, 6.07) is 7.93. The van der Waals surface area contributed by atoms with E-state index >= 15 is 0 Å². The van der Waals surface area contributed by atoms with Gasteiger partial charge in [-0.25, -0.2) is 9.48 Å². The summed E-state index contributed by atoms with van der Waals surface area (Å²) in [5.41, 5.74) is 2.04. The lowest BCUT2D eigenvalue weighted by molar-refractivity contribution is 0.0958. The number of aryl methyl sites for hydroxylation is 2. The molecule has 0 aliphatic carbocycles. The molecular formula is C15H20N4O2. The fourth-order valence-corrected chi connectivity index (χ4v) is 2.71. The Balaban J connectivity index is 1.69. The number of hydrogen-bond donors (Lipinski definition) is 1. The van der Waals surface area contributed by atoms with Gasteiger partial charge in [-0.15, -0.1) is 0 Å². The summed E-state index contributed by atoms with van der Waals surface area (Å²) in [6.07, 6.45) is -0.521. The van der Waals surface area contributed by atoms with Crippen molar-refractivity contribution in [2.24, 2.45) is 7.05 Å². The highest BCUT2D eigenvalue weighted by Crippen LogP contribution is 2.17. The van der Waals surface area contributed by atoms with Gasteiger partial charge >= 0.3 is 5.69 Å². The van der Waals surface area contributed by atoms with E-state index in [1.54, 1.807) is 11.6 Å². The van der Waals surface area contributed by atoms with Gasteiger partial charge in [-0.05, 0) is 12.5 Å². The average molecular weight is 288 g/mol. The van der Waals surface area contributed by atoms with Crippen molar-refractivity contribution in [2.45, 2.75) is 26.1 Å². The molecule has 0 amide bonds. The Bertz CT molecular complexity index is 687. The van der Waals surface area contributed by atoms with Crippen LogP contribution in [0, 0.1) is 6.92 Å². The molecule has 2 heterocycles. The van der Waals surface area contributed by atoms with Crippen LogP contribution in [0.5, 0.6) is 0 Å². The number of aliphatic hydroxyl groups excluding tert-OH is 1. The average Bonchev–Trinajstić information content (AvgIpc) is 2.74. The number of benzene rings is 1. The molecule has 0 fully saturated rings. The Morgan fingerprint density at radius 2 is 2.00 bits per heavy atom. The SMILES string of the molecule is Cc1ccc(C(O)CN2CCn3c(nn(C)c3=O)C2)cc1. The summed E-state index contributed by atoms with van der Waals surface area (Å²) in [5, 5.41) is 14.6. The van der Waals surface area contributed by atoms with Gasteiger partial charge in [0.15, 0.2) is 0 Å². The van der Waals surface area contributed by atoms with Gasteiger partial charge in [0.05, 0.1) is 12.6 Å². The molecule has 1 aromatic heterocycles. The van der Waals surface area contributed by atoms with Crippen LogP contribution < -0.4 is 5.69 Å². The molecule has 6 nitrogen and oxygen atoms in total. The minimum Gasteiger partial charge on any atom is -0.387 e. The number of aliphatic hydroxyl groups is 1. The number of aromatic nitrogens is 3. The number of hydrogen-bond acceptors (Lipinski definition) is 4. The lowest BCUT2D eigenvalue weighted by Gasteiger charge is -2.28. The third-order valence-electron chi connectivity index (χ3n) is 3.98. The summed E-state index contributed by atoms with van der Waals surface area (Å²) < 4.78 is 3.07.